The van der Waals surface area contributed by atoms with Crippen molar-refractivity contribution in [1.82, 2.24) is 4.98 Å². The van der Waals surface area contributed by atoms with E-state index in [-0.39, 0.29) is 115 Å². The average molecular weight is 980 g/mol. The quantitative estimate of drug-likeness (QED) is 0.163. The van der Waals surface area contributed by atoms with Crippen molar-refractivity contribution in [2.75, 3.05) is 24.0 Å². The highest BCUT2D eigenvalue weighted by atomic mass is 32.2. The van der Waals surface area contributed by atoms with Gasteiger partial charge in [0.25, 0.3) is 0 Å². The second-order valence-electron chi connectivity index (χ2n) is 19.4. The lowest BCUT2D eigenvalue weighted by atomic mass is 9.68. The predicted molar refractivity (Wildman–Crippen MR) is 263 cm³/mol. The first kappa shape index (κ1) is 42.7. The van der Waals surface area contributed by atoms with Crippen molar-refractivity contribution in [1.29, 1.82) is 0 Å². The normalized spacial score (nSPS) is 34.4. The van der Waals surface area contributed by atoms with Gasteiger partial charge in [0.2, 0.25) is 23.6 Å². The van der Waals surface area contributed by atoms with Gasteiger partial charge in [0, 0.05) is 43.4 Å². The lowest BCUT2D eigenvalue weighted by Crippen LogP contribution is -2.42. The van der Waals surface area contributed by atoms with Gasteiger partial charge in [0.1, 0.15) is 11.5 Å². The molecule has 5 aromatic rings. The number of allylic oxidation sites excluding steroid dienone is 2. The van der Waals surface area contributed by atoms with Gasteiger partial charge in [0.15, 0.2) is 5.12 Å². The van der Waals surface area contributed by atoms with Crippen LogP contribution in [0.1, 0.15) is 47.1 Å². The summed E-state index contributed by atoms with van der Waals surface area (Å²) in [5, 5.41) is 1.59. The SMILES string of the molecule is COc1ccc([C@@H]2c3sc(=O)[nH]c3S[C@H]3[C@H]4C[C@H]([C@H]5C(=O)N(c6ccccc6)C(=O)[C@@H]45)[C@@H]23)cc1.COc1ccc([C@H]2C3=C(CC(=O)S3)S[C@@H]3[C@@H]4C[C@@H]([C@@H]5C(=O)N(c6ccccc6)C(=O)[C@H]45)[C@@H]32)cc1. The van der Waals surface area contributed by atoms with E-state index in [0.717, 1.165) is 39.8 Å². The first-order chi connectivity index (χ1) is 33.1. The number of thioether (sulfide) groups is 3. The van der Waals surface area contributed by atoms with Crippen molar-refractivity contribution in [3.05, 3.63) is 145 Å². The van der Waals surface area contributed by atoms with E-state index in [1.54, 1.807) is 26.0 Å². The van der Waals surface area contributed by atoms with Crippen molar-refractivity contribution in [2.45, 2.75) is 46.6 Å². The summed E-state index contributed by atoms with van der Waals surface area (Å²) in [6.45, 7) is 0. The fraction of sp³-hybridized carbons (Fsp3) is 0.358. The van der Waals surface area contributed by atoms with Crippen LogP contribution in [0.2, 0.25) is 0 Å². The maximum Gasteiger partial charge on any atom is 0.305 e. The number of methoxy groups -OCH3 is 2. The Hall–Kier alpha value is -5.35. The van der Waals surface area contributed by atoms with Crippen molar-refractivity contribution in [3.63, 3.8) is 0 Å². The number of ether oxygens (including phenoxy) is 2. The fourth-order valence-electron chi connectivity index (χ4n) is 14.2. The number of nitrogens with zero attached hydrogens (tertiary/aromatic N) is 2. The van der Waals surface area contributed by atoms with Gasteiger partial charge in [-0.05, 0) is 108 Å². The average Bonchev–Trinajstić information content (AvgIpc) is 4.25. The molecule has 14 rings (SSSR count). The van der Waals surface area contributed by atoms with Crippen LogP contribution in [0.3, 0.4) is 0 Å². The lowest BCUT2D eigenvalue weighted by molar-refractivity contribution is -0.124. The number of aromatic amines is 1. The molecule has 5 aliphatic heterocycles. The number of fused-ring (bicyclic) bond motifs is 17. The molecular formula is C53H45N3O8S4. The van der Waals surface area contributed by atoms with Gasteiger partial charge < -0.3 is 14.5 Å². The molecule has 0 unspecified atom stereocenters. The van der Waals surface area contributed by atoms with Gasteiger partial charge in [-0.25, -0.2) is 0 Å². The predicted octanol–water partition coefficient (Wildman–Crippen LogP) is 8.96. The Morgan fingerprint density at radius 2 is 1.00 bits per heavy atom. The molecule has 1 aromatic heterocycles. The number of H-pyrrole nitrogens is 1. The van der Waals surface area contributed by atoms with Crippen LogP contribution in [-0.4, -0.2) is 58.4 Å². The Labute approximate surface area is 408 Å². The van der Waals surface area contributed by atoms with Crippen LogP contribution in [0.15, 0.2) is 129 Å². The number of benzene rings is 4. The molecule has 2 saturated heterocycles. The number of hydrogen-bond donors (Lipinski definition) is 1. The topological polar surface area (TPSA) is 143 Å². The van der Waals surface area contributed by atoms with E-state index in [0.29, 0.717) is 17.8 Å². The van der Waals surface area contributed by atoms with Gasteiger partial charge in [-0.15, -0.1) is 23.5 Å². The second-order valence-corrected chi connectivity index (χ2v) is 24.0. The number of anilines is 2. The van der Waals surface area contributed by atoms with E-state index >= 15 is 0 Å². The van der Waals surface area contributed by atoms with E-state index in [1.165, 1.54) is 48.3 Å². The molecule has 6 heterocycles. The highest BCUT2D eigenvalue weighted by Crippen LogP contribution is 2.71. The molecule has 9 aliphatic rings. The lowest BCUT2D eigenvalue weighted by Gasteiger charge is -2.44. The minimum atomic E-state index is -0.280. The van der Waals surface area contributed by atoms with Crippen LogP contribution in [0, 0.1) is 59.2 Å². The fourth-order valence-corrected chi connectivity index (χ4v) is 20.3. The van der Waals surface area contributed by atoms with Crippen LogP contribution in [0.4, 0.5) is 11.4 Å². The molecule has 4 aliphatic carbocycles. The molecular weight excluding hydrogens is 935 g/mol. The zero-order valence-electron chi connectivity index (χ0n) is 36.9. The van der Waals surface area contributed by atoms with Gasteiger partial charge in [-0.1, -0.05) is 83.8 Å². The number of thiazole rings is 1. The van der Waals surface area contributed by atoms with Crippen LogP contribution in [0.25, 0.3) is 0 Å². The molecule has 4 amide bonds. The second kappa shape index (κ2) is 16.1. The minimum Gasteiger partial charge on any atom is -0.497 e. The third-order valence-corrected chi connectivity index (χ3v) is 22.0. The number of rotatable bonds is 6. The zero-order chi connectivity index (χ0) is 46.3. The molecule has 4 bridgehead atoms. The summed E-state index contributed by atoms with van der Waals surface area (Å²) in [6.07, 6.45) is 2.29. The number of nitrogens with one attached hydrogen (secondary N) is 1. The summed E-state index contributed by atoms with van der Waals surface area (Å²) in [7, 11) is 3.31. The Morgan fingerprint density at radius 3 is 1.50 bits per heavy atom. The van der Waals surface area contributed by atoms with Crippen LogP contribution < -0.4 is 24.1 Å². The number of hydrogen-bond acceptors (Lipinski definition) is 12. The van der Waals surface area contributed by atoms with Crippen LogP contribution in [-0.2, 0) is 24.0 Å². The van der Waals surface area contributed by atoms with Crippen molar-refractivity contribution >= 4 is 86.7 Å². The molecule has 0 radical (unpaired) electrons. The molecule has 11 nitrogen and oxygen atoms in total. The van der Waals surface area contributed by atoms with Crippen molar-refractivity contribution in [2.24, 2.45) is 59.2 Å². The molecule has 15 heteroatoms. The van der Waals surface area contributed by atoms with Gasteiger partial charge in [0.05, 0.1) is 54.3 Å². The van der Waals surface area contributed by atoms with Gasteiger partial charge >= 0.3 is 4.87 Å². The number of aromatic nitrogens is 1. The number of imide groups is 2. The number of amides is 4. The molecule has 4 aromatic carbocycles. The Morgan fingerprint density at radius 1 is 0.544 bits per heavy atom. The number of carbonyl (C=O) groups excluding carboxylic acids is 5. The highest BCUT2D eigenvalue weighted by Gasteiger charge is 2.71. The first-order valence-electron chi connectivity index (χ1n) is 23.3. The summed E-state index contributed by atoms with van der Waals surface area (Å²) in [5.74, 6) is 1.49. The van der Waals surface area contributed by atoms with Crippen LogP contribution in [0.5, 0.6) is 11.5 Å². The third-order valence-electron chi connectivity index (χ3n) is 16.6. The molecule has 68 heavy (non-hydrogen) atoms. The smallest absolute Gasteiger partial charge is 0.305 e. The maximum atomic E-state index is 13.7. The summed E-state index contributed by atoms with van der Waals surface area (Å²) < 4.78 is 10.7. The van der Waals surface area contributed by atoms with Crippen LogP contribution >= 0.6 is 46.6 Å². The first-order valence-corrected chi connectivity index (χ1v) is 26.7. The third kappa shape index (κ3) is 6.19. The number of carbonyl (C=O) groups is 5. The number of para-hydroxylation sites is 2. The minimum absolute atomic E-state index is 0.0285. The van der Waals surface area contributed by atoms with E-state index in [9.17, 15) is 28.8 Å². The molecule has 6 fully saturated rings. The Bertz CT molecular complexity index is 3030. The van der Waals surface area contributed by atoms with Crippen molar-refractivity contribution in [3.8, 4) is 11.5 Å². The molecule has 0 spiro atoms. The van der Waals surface area contributed by atoms with E-state index < -0.39 is 0 Å². The molecule has 4 saturated carbocycles. The summed E-state index contributed by atoms with van der Waals surface area (Å²) >= 11 is 6.21. The van der Waals surface area contributed by atoms with E-state index in [1.807, 2.05) is 96.7 Å². The highest BCUT2D eigenvalue weighted by molar-refractivity contribution is 8.18. The molecule has 344 valence electrons. The largest absolute Gasteiger partial charge is 0.497 e. The van der Waals surface area contributed by atoms with E-state index in [2.05, 4.69) is 29.2 Å². The zero-order valence-corrected chi connectivity index (χ0v) is 40.2. The molecule has 14 atom stereocenters. The van der Waals surface area contributed by atoms with Crippen molar-refractivity contribution < 1.29 is 33.4 Å². The summed E-state index contributed by atoms with van der Waals surface area (Å²) in [5.41, 5.74) is 3.65. The Balaban J connectivity index is 0.000000134. The standard InChI is InChI=1S/C27H23NO4S2.C26H22N2O4S2/c1-32-15-9-7-13(8-10-15)20-21-16-11-17(24(21)33-18-12-19(29)34-25(18)20)23-22(16)26(30)28(27(23)31)14-5-3-2-4-6-14;1-32-14-9-7-12(8-10-14)17-18-15-11-16(21(18)33-23-22(17)34-26(31)27-23)20-19(15)24(29)28(25(20)30)13-5-3-2-4-6-13/h2-10,16-17,20-24H,11-12H2,1H3;2-10,15-21H,11H2,1H3,(H,27,31)/t16-,17-,20-,21-,22+,23-,24-;15-,16-,17-,18-,19+,20-,21-/m10/s1. The van der Waals surface area contributed by atoms with Gasteiger partial charge in [-0.2, -0.15) is 0 Å². The summed E-state index contributed by atoms with van der Waals surface area (Å²) in [4.78, 5) is 88.6. The van der Waals surface area contributed by atoms with E-state index in [4.69, 9.17) is 9.47 Å². The maximum absolute atomic E-state index is 13.7. The Kier molecular flexibility index (Phi) is 10.1. The monoisotopic (exact) mass is 979 g/mol. The summed E-state index contributed by atoms with van der Waals surface area (Å²) in [6, 6.07) is 34.9. The molecule has 1 N–H and O–H groups in total. The van der Waals surface area contributed by atoms with Gasteiger partial charge in [-0.3, -0.25) is 38.6 Å².